The molecule has 0 aliphatic carbocycles. The molecule has 0 N–H and O–H groups in total. The number of carbonyl (C=O) groups excluding carboxylic acids is 1. The first-order chi connectivity index (χ1) is 12.4. The molecule has 1 aliphatic rings. The highest BCUT2D eigenvalue weighted by atomic mass is 19.1. The van der Waals surface area contributed by atoms with Gasteiger partial charge in [-0.05, 0) is 31.2 Å². The molecule has 1 aromatic carbocycles. The first-order valence-corrected chi connectivity index (χ1v) is 8.60. The number of ether oxygens (including phenoxy) is 1. The van der Waals surface area contributed by atoms with Gasteiger partial charge in [0.2, 0.25) is 0 Å². The Morgan fingerprint density at radius 3 is 2.85 bits per heavy atom. The standard InChI is InChI=1S/C19H21FN4O2/c1-12-10-22(2)18(21-12)17-11-24(6-7-26-17)19(25)16-9-13-8-14(20)4-5-15(13)23(16)3/h4-5,8-10,17H,6-7,11H2,1-3H3. The molecule has 1 amide bonds. The Morgan fingerprint density at radius 1 is 1.31 bits per heavy atom. The van der Waals surface area contributed by atoms with E-state index in [9.17, 15) is 9.18 Å². The van der Waals surface area contributed by atoms with Crippen molar-refractivity contribution in [3.05, 3.63) is 53.5 Å². The summed E-state index contributed by atoms with van der Waals surface area (Å²) in [7, 11) is 3.76. The second-order valence-corrected chi connectivity index (χ2v) is 6.75. The molecule has 1 saturated heterocycles. The van der Waals surface area contributed by atoms with Gasteiger partial charge in [-0.1, -0.05) is 0 Å². The molecule has 26 heavy (non-hydrogen) atoms. The first-order valence-electron chi connectivity index (χ1n) is 8.60. The Kier molecular flexibility index (Phi) is 4.03. The second-order valence-electron chi connectivity index (χ2n) is 6.75. The molecular weight excluding hydrogens is 335 g/mol. The van der Waals surface area contributed by atoms with Gasteiger partial charge in [0.05, 0.1) is 18.8 Å². The zero-order valence-corrected chi connectivity index (χ0v) is 15.1. The fourth-order valence-corrected chi connectivity index (χ4v) is 3.61. The average molecular weight is 356 g/mol. The van der Waals surface area contributed by atoms with E-state index in [4.69, 9.17) is 4.74 Å². The summed E-state index contributed by atoms with van der Waals surface area (Å²) in [5, 5.41) is 0.723. The van der Waals surface area contributed by atoms with Gasteiger partial charge in [0, 0.05) is 37.7 Å². The Bertz CT molecular complexity index is 991. The van der Waals surface area contributed by atoms with E-state index in [1.54, 1.807) is 17.0 Å². The lowest BCUT2D eigenvalue weighted by Crippen LogP contribution is -2.43. The summed E-state index contributed by atoms with van der Waals surface area (Å²) in [4.78, 5) is 19.4. The van der Waals surface area contributed by atoms with Crippen molar-refractivity contribution < 1.29 is 13.9 Å². The predicted octanol–water partition coefficient (Wildman–Crippen LogP) is 2.57. The van der Waals surface area contributed by atoms with Crippen molar-refractivity contribution in [1.82, 2.24) is 19.0 Å². The summed E-state index contributed by atoms with van der Waals surface area (Å²) in [6.07, 6.45) is 1.69. The molecule has 3 heterocycles. The van der Waals surface area contributed by atoms with Crippen LogP contribution in [0, 0.1) is 12.7 Å². The Balaban J connectivity index is 1.62. The maximum atomic E-state index is 13.5. The molecule has 0 spiro atoms. The fourth-order valence-electron chi connectivity index (χ4n) is 3.61. The third kappa shape index (κ3) is 2.78. The number of rotatable bonds is 2. The van der Waals surface area contributed by atoms with E-state index >= 15 is 0 Å². The minimum Gasteiger partial charge on any atom is -0.367 e. The van der Waals surface area contributed by atoms with Crippen molar-refractivity contribution in [1.29, 1.82) is 0 Å². The van der Waals surface area contributed by atoms with Crippen molar-refractivity contribution in [2.75, 3.05) is 19.7 Å². The van der Waals surface area contributed by atoms with E-state index in [-0.39, 0.29) is 17.8 Å². The number of fused-ring (bicyclic) bond motifs is 1. The van der Waals surface area contributed by atoms with Crippen molar-refractivity contribution in [3.63, 3.8) is 0 Å². The number of carbonyl (C=O) groups is 1. The van der Waals surface area contributed by atoms with Crippen LogP contribution in [-0.2, 0) is 18.8 Å². The number of aromatic nitrogens is 3. The van der Waals surface area contributed by atoms with Gasteiger partial charge in [-0.3, -0.25) is 4.79 Å². The molecule has 0 radical (unpaired) electrons. The molecule has 2 aromatic heterocycles. The van der Waals surface area contributed by atoms with Gasteiger partial charge < -0.3 is 18.8 Å². The van der Waals surface area contributed by atoms with Crippen LogP contribution < -0.4 is 0 Å². The lowest BCUT2D eigenvalue weighted by Gasteiger charge is -2.32. The maximum Gasteiger partial charge on any atom is 0.270 e. The molecule has 136 valence electrons. The average Bonchev–Trinajstić information content (AvgIpc) is 3.13. The van der Waals surface area contributed by atoms with Crippen LogP contribution in [0.2, 0.25) is 0 Å². The molecule has 4 rings (SSSR count). The second kappa shape index (κ2) is 6.25. The van der Waals surface area contributed by atoms with Crippen LogP contribution in [0.3, 0.4) is 0 Å². The largest absolute Gasteiger partial charge is 0.367 e. The van der Waals surface area contributed by atoms with E-state index in [1.165, 1.54) is 12.1 Å². The van der Waals surface area contributed by atoms with Crippen LogP contribution in [0.15, 0.2) is 30.5 Å². The molecule has 3 aromatic rings. The molecular formula is C19H21FN4O2. The molecule has 1 aliphatic heterocycles. The van der Waals surface area contributed by atoms with Crippen LogP contribution in [0.25, 0.3) is 10.9 Å². The number of aryl methyl sites for hydroxylation is 3. The van der Waals surface area contributed by atoms with E-state index in [0.29, 0.717) is 25.4 Å². The third-order valence-corrected chi connectivity index (χ3v) is 4.90. The van der Waals surface area contributed by atoms with Crippen LogP contribution in [-0.4, -0.2) is 44.6 Å². The quantitative estimate of drug-likeness (QED) is 0.709. The number of morpholine rings is 1. The number of halogens is 1. The Hall–Kier alpha value is -2.67. The summed E-state index contributed by atoms with van der Waals surface area (Å²) in [6, 6.07) is 6.30. The third-order valence-electron chi connectivity index (χ3n) is 4.90. The lowest BCUT2D eigenvalue weighted by molar-refractivity contribution is -0.0282. The molecule has 0 saturated carbocycles. The molecule has 7 heteroatoms. The van der Waals surface area contributed by atoms with Crippen LogP contribution in [0.4, 0.5) is 4.39 Å². The van der Waals surface area contributed by atoms with Gasteiger partial charge in [-0.2, -0.15) is 0 Å². The molecule has 1 atom stereocenters. The molecule has 1 fully saturated rings. The van der Waals surface area contributed by atoms with Gasteiger partial charge in [-0.15, -0.1) is 0 Å². The monoisotopic (exact) mass is 356 g/mol. The molecule has 1 unspecified atom stereocenters. The number of hydrogen-bond donors (Lipinski definition) is 0. The highest BCUT2D eigenvalue weighted by Crippen LogP contribution is 2.25. The highest BCUT2D eigenvalue weighted by Gasteiger charge is 2.30. The number of nitrogens with zero attached hydrogens (tertiary/aromatic N) is 4. The van der Waals surface area contributed by atoms with Crippen molar-refractivity contribution in [2.45, 2.75) is 13.0 Å². The minimum absolute atomic E-state index is 0.0802. The summed E-state index contributed by atoms with van der Waals surface area (Å²) < 4.78 is 23.1. The van der Waals surface area contributed by atoms with Crippen molar-refractivity contribution in [2.24, 2.45) is 14.1 Å². The van der Waals surface area contributed by atoms with E-state index < -0.39 is 0 Å². The van der Waals surface area contributed by atoms with Gasteiger partial charge in [0.15, 0.2) is 0 Å². The van der Waals surface area contributed by atoms with Gasteiger partial charge in [0.1, 0.15) is 23.4 Å². The number of amides is 1. The number of imidazole rings is 1. The van der Waals surface area contributed by atoms with Gasteiger partial charge >= 0.3 is 0 Å². The number of benzene rings is 1. The molecule has 0 bridgehead atoms. The zero-order chi connectivity index (χ0) is 18.4. The van der Waals surface area contributed by atoms with E-state index in [2.05, 4.69) is 4.98 Å². The minimum atomic E-state index is -0.307. The highest BCUT2D eigenvalue weighted by molar-refractivity contribution is 5.98. The summed E-state index contributed by atoms with van der Waals surface area (Å²) in [5.74, 6) is 0.432. The van der Waals surface area contributed by atoms with E-state index in [1.807, 2.05) is 36.4 Å². The lowest BCUT2D eigenvalue weighted by atomic mass is 10.2. The molecule has 6 nitrogen and oxygen atoms in total. The summed E-state index contributed by atoms with van der Waals surface area (Å²) in [6.45, 7) is 3.36. The Labute approximate surface area is 150 Å². The zero-order valence-electron chi connectivity index (χ0n) is 15.1. The fraction of sp³-hybridized carbons (Fsp3) is 0.368. The smallest absolute Gasteiger partial charge is 0.270 e. The van der Waals surface area contributed by atoms with Crippen LogP contribution >= 0.6 is 0 Å². The van der Waals surface area contributed by atoms with E-state index in [0.717, 1.165) is 22.4 Å². The van der Waals surface area contributed by atoms with Crippen LogP contribution in [0.5, 0.6) is 0 Å². The summed E-state index contributed by atoms with van der Waals surface area (Å²) in [5.41, 5.74) is 2.30. The van der Waals surface area contributed by atoms with Crippen molar-refractivity contribution >= 4 is 16.8 Å². The predicted molar refractivity (Wildman–Crippen MR) is 95.4 cm³/mol. The topological polar surface area (TPSA) is 52.3 Å². The van der Waals surface area contributed by atoms with Crippen molar-refractivity contribution in [3.8, 4) is 0 Å². The maximum absolute atomic E-state index is 13.5. The number of hydrogen-bond acceptors (Lipinski definition) is 3. The van der Waals surface area contributed by atoms with Crippen LogP contribution in [0.1, 0.15) is 28.1 Å². The normalized spacial score (nSPS) is 17.8. The summed E-state index contributed by atoms with van der Waals surface area (Å²) >= 11 is 0. The Morgan fingerprint density at radius 2 is 2.12 bits per heavy atom. The van der Waals surface area contributed by atoms with Gasteiger partial charge in [0.25, 0.3) is 5.91 Å². The SMILES string of the molecule is Cc1cn(C)c(C2CN(C(=O)c3cc4cc(F)ccc4n3C)CCO2)n1. The van der Waals surface area contributed by atoms with Gasteiger partial charge in [-0.25, -0.2) is 9.37 Å². The first kappa shape index (κ1) is 16.8.